The van der Waals surface area contributed by atoms with Gasteiger partial charge in [0.25, 0.3) is 0 Å². The minimum atomic E-state index is 0.0491. The summed E-state index contributed by atoms with van der Waals surface area (Å²) in [6, 6.07) is 0. The van der Waals surface area contributed by atoms with Crippen molar-refractivity contribution in [2.45, 2.75) is 26.8 Å². The van der Waals surface area contributed by atoms with Crippen LogP contribution in [0.25, 0.3) is 0 Å². The molecule has 1 aliphatic heterocycles. The predicted octanol–water partition coefficient (Wildman–Crippen LogP) is 0.896. The Bertz CT molecular complexity index is 433. The highest BCUT2D eigenvalue weighted by Gasteiger charge is 2.15. The summed E-state index contributed by atoms with van der Waals surface area (Å²) in [5.74, 6) is 1.06. The molecule has 0 aliphatic carbocycles. The molecule has 0 saturated carbocycles. The summed E-state index contributed by atoms with van der Waals surface area (Å²) in [6.45, 7) is 10.2. The molecule has 0 spiro atoms. The van der Waals surface area contributed by atoms with Gasteiger partial charge < -0.3 is 9.47 Å². The molecule has 19 heavy (non-hydrogen) atoms. The quantitative estimate of drug-likeness (QED) is 0.741. The van der Waals surface area contributed by atoms with Crippen LogP contribution in [0.15, 0.2) is 6.20 Å². The average Bonchev–Trinajstić information content (AvgIpc) is 2.81. The van der Waals surface area contributed by atoms with E-state index in [1.165, 1.54) is 0 Å². The molecule has 5 heteroatoms. The molecule has 1 aromatic rings. The molecule has 0 unspecified atom stereocenters. The highest BCUT2D eigenvalue weighted by molar-refractivity contribution is 5.91. The van der Waals surface area contributed by atoms with Crippen LogP contribution in [0, 0.1) is 0 Å². The van der Waals surface area contributed by atoms with Gasteiger partial charge in [0.1, 0.15) is 11.5 Å². The van der Waals surface area contributed by atoms with Crippen molar-refractivity contribution in [1.82, 2.24) is 19.4 Å². The number of hydrogen-bond acceptors (Lipinski definition) is 4. The van der Waals surface area contributed by atoms with E-state index in [4.69, 9.17) is 0 Å². The van der Waals surface area contributed by atoms with Crippen molar-refractivity contribution in [3.8, 4) is 0 Å². The number of likely N-dealkylation sites (N-methyl/N-ethyl adjacent to an activating group) is 1. The molecular weight excluding hydrogens is 240 g/mol. The van der Waals surface area contributed by atoms with Crippen molar-refractivity contribution in [1.29, 1.82) is 0 Å². The first-order chi connectivity index (χ1) is 9.10. The van der Waals surface area contributed by atoms with Gasteiger partial charge in [-0.2, -0.15) is 0 Å². The van der Waals surface area contributed by atoms with Crippen molar-refractivity contribution in [2.24, 2.45) is 0 Å². The first kappa shape index (κ1) is 14.2. The minimum Gasteiger partial charge on any atom is -0.333 e. The van der Waals surface area contributed by atoms with Crippen LogP contribution in [0.5, 0.6) is 0 Å². The maximum Gasteiger partial charge on any atom is 0.179 e. The molecule has 0 amide bonds. The molecular formula is C14H24N4O. The molecule has 0 N–H and O–H groups in total. The third kappa shape index (κ3) is 3.64. The number of aromatic nitrogens is 2. The third-order valence-corrected chi connectivity index (χ3v) is 3.79. The number of imidazole rings is 1. The molecule has 2 rings (SSSR count). The molecule has 0 atom stereocenters. The fourth-order valence-corrected chi connectivity index (χ4v) is 2.42. The maximum atomic E-state index is 11.4. The van der Waals surface area contributed by atoms with Crippen molar-refractivity contribution in [2.75, 3.05) is 39.8 Å². The van der Waals surface area contributed by atoms with Gasteiger partial charge in [-0.15, -0.1) is 0 Å². The highest BCUT2D eigenvalue weighted by Crippen LogP contribution is 2.07. The number of hydrogen-bond donors (Lipinski definition) is 0. The second-order valence-electron chi connectivity index (χ2n) is 5.29. The molecule has 5 nitrogen and oxygen atoms in total. The predicted molar refractivity (Wildman–Crippen MR) is 75.5 cm³/mol. The van der Waals surface area contributed by atoms with Crippen molar-refractivity contribution in [3.63, 3.8) is 0 Å². The van der Waals surface area contributed by atoms with E-state index >= 15 is 0 Å². The Hall–Kier alpha value is -1.20. The molecule has 1 fully saturated rings. The first-order valence-corrected chi connectivity index (χ1v) is 7.08. The second kappa shape index (κ2) is 6.30. The maximum absolute atomic E-state index is 11.4. The number of rotatable bonds is 5. The van der Waals surface area contributed by atoms with E-state index in [1.807, 2.05) is 6.20 Å². The Balaban J connectivity index is 1.93. The van der Waals surface area contributed by atoms with Gasteiger partial charge in [0, 0.05) is 58.8 Å². The van der Waals surface area contributed by atoms with Crippen molar-refractivity contribution in [3.05, 3.63) is 17.7 Å². The zero-order valence-electron chi connectivity index (χ0n) is 12.2. The number of nitrogens with zero attached hydrogens (tertiary/aromatic N) is 4. The number of carbonyl (C=O) groups is 1. The van der Waals surface area contributed by atoms with Crippen LogP contribution in [0.4, 0.5) is 0 Å². The number of ketones is 1. The van der Waals surface area contributed by atoms with Gasteiger partial charge in [-0.1, -0.05) is 6.92 Å². The largest absolute Gasteiger partial charge is 0.333 e. The number of piperazine rings is 1. The van der Waals surface area contributed by atoms with Gasteiger partial charge in [0.2, 0.25) is 0 Å². The second-order valence-corrected chi connectivity index (χ2v) is 5.29. The summed E-state index contributed by atoms with van der Waals surface area (Å²) in [7, 11) is 2.17. The van der Waals surface area contributed by atoms with Crippen LogP contribution >= 0.6 is 0 Å². The van der Waals surface area contributed by atoms with E-state index in [0.29, 0.717) is 5.69 Å². The van der Waals surface area contributed by atoms with E-state index in [2.05, 4.69) is 33.3 Å². The Morgan fingerprint density at radius 2 is 1.95 bits per heavy atom. The van der Waals surface area contributed by atoms with Crippen molar-refractivity contribution >= 4 is 5.78 Å². The summed E-state index contributed by atoms with van der Waals surface area (Å²) in [4.78, 5) is 20.6. The number of Topliss-reactive ketones (excluding diaryl/α,β-unsaturated/α-hetero) is 1. The Labute approximate surface area is 115 Å². The van der Waals surface area contributed by atoms with Crippen molar-refractivity contribution < 1.29 is 4.79 Å². The highest BCUT2D eigenvalue weighted by atomic mass is 16.1. The molecule has 0 radical (unpaired) electrons. The lowest BCUT2D eigenvalue weighted by molar-refractivity contribution is 0.101. The first-order valence-electron chi connectivity index (χ1n) is 7.08. The van der Waals surface area contributed by atoms with E-state index < -0.39 is 0 Å². The lowest BCUT2D eigenvalue weighted by Gasteiger charge is -2.32. The van der Waals surface area contributed by atoms with Gasteiger partial charge in [0.05, 0.1) is 0 Å². The minimum absolute atomic E-state index is 0.0491. The van der Waals surface area contributed by atoms with Crippen LogP contribution in [-0.2, 0) is 13.0 Å². The van der Waals surface area contributed by atoms with E-state index in [0.717, 1.165) is 51.5 Å². The fourth-order valence-electron chi connectivity index (χ4n) is 2.42. The normalized spacial score (nSPS) is 17.8. The van der Waals surface area contributed by atoms with Crippen LogP contribution in [0.3, 0.4) is 0 Å². The summed E-state index contributed by atoms with van der Waals surface area (Å²) in [5.41, 5.74) is 0.593. The van der Waals surface area contributed by atoms with E-state index in [1.54, 1.807) is 6.92 Å². The SMILES string of the molecule is CCc1nc(C(C)=O)cn1CCN1CCN(C)CC1. The zero-order valence-corrected chi connectivity index (χ0v) is 12.2. The van der Waals surface area contributed by atoms with Crippen LogP contribution in [-0.4, -0.2) is 64.9 Å². The summed E-state index contributed by atoms with van der Waals surface area (Å²) >= 11 is 0. The number of carbonyl (C=O) groups excluding carboxylic acids is 1. The van der Waals surface area contributed by atoms with Gasteiger partial charge in [-0.3, -0.25) is 9.69 Å². The molecule has 106 valence electrons. The van der Waals surface area contributed by atoms with Gasteiger partial charge in [-0.05, 0) is 7.05 Å². The molecule has 1 saturated heterocycles. The lowest BCUT2D eigenvalue weighted by atomic mass is 10.3. The Kier molecular flexibility index (Phi) is 4.71. The summed E-state index contributed by atoms with van der Waals surface area (Å²) in [5, 5.41) is 0. The summed E-state index contributed by atoms with van der Waals surface area (Å²) in [6.07, 6.45) is 2.77. The summed E-state index contributed by atoms with van der Waals surface area (Å²) < 4.78 is 2.13. The molecule has 1 aromatic heterocycles. The zero-order chi connectivity index (χ0) is 13.8. The monoisotopic (exact) mass is 264 g/mol. The van der Waals surface area contributed by atoms with E-state index in [-0.39, 0.29) is 5.78 Å². The molecule has 0 bridgehead atoms. The van der Waals surface area contributed by atoms with Gasteiger partial charge in [0.15, 0.2) is 5.78 Å². The Morgan fingerprint density at radius 3 is 2.53 bits per heavy atom. The van der Waals surface area contributed by atoms with Crippen LogP contribution < -0.4 is 0 Å². The van der Waals surface area contributed by atoms with Crippen LogP contribution in [0.2, 0.25) is 0 Å². The molecule has 0 aromatic carbocycles. The smallest absolute Gasteiger partial charge is 0.179 e. The number of aryl methyl sites for hydroxylation is 1. The topological polar surface area (TPSA) is 41.4 Å². The fraction of sp³-hybridized carbons (Fsp3) is 0.714. The van der Waals surface area contributed by atoms with Gasteiger partial charge in [-0.25, -0.2) is 4.98 Å². The van der Waals surface area contributed by atoms with E-state index in [9.17, 15) is 4.79 Å². The van der Waals surface area contributed by atoms with Gasteiger partial charge >= 0.3 is 0 Å². The Morgan fingerprint density at radius 1 is 1.26 bits per heavy atom. The van der Waals surface area contributed by atoms with Crippen LogP contribution in [0.1, 0.15) is 30.2 Å². The lowest BCUT2D eigenvalue weighted by Crippen LogP contribution is -2.45. The average molecular weight is 264 g/mol. The molecule has 1 aliphatic rings. The third-order valence-electron chi connectivity index (χ3n) is 3.79. The standard InChI is InChI=1S/C14H24N4O/c1-4-14-15-13(12(2)19)11-18(14)10-9-17-7-5-16(3)6-8-17/h11H,4-10H2,1-3H3. The molecule has 2 heterocycles.